The minimum Gasteiger partial charge on any atom is -0.448 e. The van der Waals surface area contributed by atoms with Crippen LogP contribution in [0.4, 0.5) is 32.4 Å². The molecule has 45 heavy (non-hydrogen) atoms. The van der Waals surface area contributed by atoms with E-state index in [1.54, 1.807) is 41.7 Å². The number of carbonyl (C=O) groups excluding carboxylic acids is 2. The van der Waals surface area contributed by atoms with E-state index in [-0.39, 0.29) is 37.0 Å². The Balaban J connectivity index is 1.36. The van der Waals surface area contributed by atoms with E-state index >= 15 is 0 Å². The van der Waals surface area contributed by atoms with Crippen molar-refractivity contribution in [2.45, 2.75) is 43.1 Å². The number of carbonyl (C=O) groups is 2. The third-order valence-electron chi connectivity index (χ3n) is 7.21. The number of hydrogen-bond donors (Lipinski definition) is 4. The van der Waals surface area contributed by atoms with Gasteiger partial charge < -0.3 is 31.2 Å². The first-order valence-electron chi connectivity index (χ1n) is 14.1. The van der Waals surface area contributed by atoms with Crippen LogP contribution in [0, 0.1) is 11.6 Å². The van der Waals surface area contributed by atoms with E-state index in [9.17, 15) is 31.5 Å². The molecule has 4 rings (SSSR count). The predicted molar refractivity (Wildman–Crippen MR) is 158 cm³/mol. The average molecular weight is 655 g/mol. The van der Waals surface area contributed by atoms with Crippen molar-refractivity contribution in [2.24, 2.45) is 5.73 Å². The third-order valence-corrected chi connectivity index (χ3v) is 7.46. The van der Waals surface area contributed by atoms with Crippen molar-refractivity contribution < 1.29 is 41.0 Å². The van der Waals surface area contributed by atoms with Crippen molar-refractivity contribution in [3.63, 3.8) is 0 Å². The number of halogens is 6. The fourth-order valence-corrected chi connectivity index (χ4v) is 5.07. The van der Waals surface area contributed by atoms with Gasteiger partial charge in [0, 0.05) is 28.7 Å². The second kappa shape index (κ2) is 15.5. The van der Waals surface area contributed by atoms with E-state index in [1.165, 1.54) is 30.3 Å². The van der Waals surface area contributed by atoms with Crippen molar-refractivity contribution in [1.82, 2.24) is 10.6 Å². The summed E-state index contributed by atoms with van der Waals surface area (Å²) in [5.41, 5.74) is 8.04. The Morgan fingerprint density at radius 3 is 2.47 bits per heavy atom. The molecule has 0 aromatic heterocycles. The lowest BCUT2D eigenvalue weighted by Gasteiger charge is -2.30. The molecule has 1 aliphatic rings. The Bertz CT molecular complexity index is 1450. The van der Waals surface area contributed by atoms with Gasteiger partial charge in [0.1, 0.15) is 24.8 Å². The maximum atomic E-state index is 15.0. The van der Waals surface area contributed by atoms with Crippen LogP contribution in [0.3, 0.4) is 0 Å². The van der Waals surface area contributed by atoms with Crippen LogP contribution in [-0.2, 0) is 20.7 Å². The van der Waals surface area contributed by atoms with E-state index in [0.29, 0.717) is 29.1 Å². The summed E-state index contributed by atoms with van der Waals surface area (Å²) in [4.78, 5) is 24.9. The van der Waals surface area contributed by atoms with Crippen molar-refractivity contribution in [3.8, 4) is 0 Å². The van der Waals surface area contributed by atoms with Crippen LogP contribution in [0.25, 0.3) is 0 Å². The lowest BCUT2D eigenvalue weighted by molar-refractivity contribution is -0.124. The van der Waals surface area contributed by atoms with Gasteiger partial charge in [0.15, 0.2) is 0 Å². The fourth-order valence-electron chi connectivity index (χ4n) is 4.94. The SMILES string of the molecule is N[C@H](C(=O)Nc1cccc(F)c1CC[C@@H]1CN[C@H](COC(=O)NCC(F)(F)F)CO1)[C@@H](c1ccc(Cl)cc1)c1cccc(F)c1. The van der Waals surface area contributed by atoms with Gasteiger partial charge >= 0.3 is 12.3 Å². The standard InChI is InChI=1S/C31H32ClF5N4O4/c32-20-9-7-18(8-10-20)27(19-3-1-4-21(33)13-19)28(38)29(42)41-26-6-2-5-25(34)24(26)12-11-23-14-39-22(15-44-23)16-45-30(43)40-17-31(35,36)37/h1-10,13,22-23,27-28,39H,11-12,14-17,38H2,(H,40,43)(H,41,42)/t22-,23+,27-,28-/m0/s1. The molecule has 0 aliphatic carbocycles. The zero-order chi connectivity index (χ0) is 32.6. The zero-order valence-electron chi connectivity index (χ0n) is 23.9. The first kappa shape index (κ1) is 34.1. The van der Waals surface area contributed by atoms with Gasteiger partial charge in [0.05, 0.1) is 24.8 Å². The van der Waals surface area contributed by atoms with E-state index in [0.717, 1.165) is 0 Å². The van der Waals surface area contributed by atoms with E-state index in [4.69, 9.17) is 26.8 Å². The van der Waals surface area contributed by atoms with Gasteiger partial charge in [0.2, 0.25) is 5.91 Å². The highest BCUT2D eigenvalue weighted by atomic mass is 35.5. The van der Waals surface area contributed by atoms with Gasteiger partial charge in [-0.05, 0) is 60.4 Å². The average Bonchev–Trinajstić information content (AvgIpc) is 3.00. The van der Waals surface area contributed by atoms with Gasteiger partial charge in [-0.15, -0.1) is 0 Å². The molecule has 0 spiro atoms. The Morgan fingerprint density at radius 2 is 1.80 bits per heavy atom. The highest BCUT2D eigenvalue weighted by Crippen LogP contribution is 2.30. The number of nitrogens with one attached hydrogen (secondary N) is 3. The highest BCUT2D eigenvalue weighted by Gasteiger charge is 2.30. The monoisotopic (exact) mass is 654 g/mol. The van der Waals surface area contributed by atoms with Crippen molar-refractivity contribution in [3.05, 3.63) is 100 Å². The molecule has 1 saturated heterocycles. The lowest BCUT2D eigenvalue weighted by Crippen LogP contribution is -2.49. The number of nitrogens with two attached hydrogens (primary N) is 1. The van der Waals surface area contributed by atoms with Crippen molar-refractivity contribution in [2.75, 3.05) is 31.6 Å². The van der Waals surface area contributed by atoms with Gasteiger partial charge in [-0.3, -0.25) is 4.79 Å². The summed E-state index contributed by atoms with van der Waals surface area (Å²) >= 11 is 6.04. The number of rotatable bonds is 11. The van der Waals surface area contributed by atoms with Crippen LogP contribution in [0.5, 0.6) is 0 Å². The fraction of sp³-hybridized carbons (Fsp3) is 0.355. The van der Waals surface area contributed by atoms with E-state index in [1.807, 2.05) is 0 Å². The summed E-state index contributed by atoms with van der Waals surface area (Å²) in [5.74, 6) is -2.37. The lowest BCUT2D eigenvalue weighted by atomic mass is 9.85. The molecule has 0 radical (unpaired) electrons. The highest BCUT2D eigenvalue weighted by molar-refractivity contribution is 6.30. The van der Waals surface area contributed by atoms with Gasteiger partial charge in [-0.25, -0.2) is 13.6 Å². The number of morpholine rings is 1. The summed E-state index contributed by atoms with van der Waals surface area (Å²) < 4.78 is 76.3. The second-order valence-corrected chi connectivity index (χ2v) is 11.0. The quantitative estimate of drug-likeness (QED) is 0.209. The minimum absolute atomic E-state index is 0.110. The molecule has 8 nitrogen and oxygen atoms in total. The number of anilines is 1. The number of amides is 2. The molecular weight excluding hydrogens is 623 g/mol. The molecule has 242 valence electrons. The molecule has 3 aromatic rings. The molecule has 0 saturated carbocycles. The zero-order valence-corrected chi connectivity index (χ0v) is 24.6. The predicted octanol–water partition coefficient (Wildman–Crippen LogP) is 5.29. The third kappa shape index (κ3) is 10.1. The Morgan fingerprint density at radius 1 is 1.07 bits per heavy atom. The molecule has 2 amide bonds. The Hall–Kier alpha value is -3.78. The molecule has 0 bridgehead atoms. The first-order chi connectivity index (χ1) is 21.4. The maximum Gasteiger partial charge on any atom is 0.407 e. The summed E-state index contributed by atoms with van der Waals surface area (Å²) in [7, 11) is 0. The Kier molecular flexibility index (Phi) is 11.7. The smallest absolute Gasteiger partial charge is 0.407 e. The number of alkyl halides is 3. The van der Waals surface area contributed by atoms with Crippen molar-refractivity contribution in [1.29, 1.82) is 0 Å². The number of hydrogen-bond acceptors (Lipinski definition) is 6. The molecule has 1 heterocycles. The molecule has 0 unspecified atom stereocenters. The second-order valence-electron chi connectivity index (χ2n) is 10.5. The maximum absolute atomic E-state index is 15.0. The van der Waals surface area contributed by atoms with Crippen LogP contribution in [0.2, 0.25) is 5.02 Å². The van der Waals surface area contributed by atoms with E-state index < -0.39 is 54.4 Å². The first-order valence-corrected chi connectivity index (χ1v) is 14.4. The molecule has 4 atom stereocenters. The van der Waals surface area contributed by atoms with Gasteiger partial charge in [0.25, 0.3) is 0 Å². The summed E-state index contributed by atoms with van der Waals surface area (Å²) in [6, 6.07) is 15.1. The molecule has 1 aliphatic heterocycles. The van der Waals surface area contributed by atoms with Crippen LogP contribution in [-0.4, -0.2) is 62.7 Å². The summed E-state index contributed by atoms with van der Waals surface area (Å²) in [5, 5.41) is 7.93. The van der Waals surface area contributed by atoms with Gasteiger partial charge in [-0.2, -0.15) is 13.2 Å². The molecular formula is C31H32ClF5N4O4. The minimum atomic E-state index is -4.55. The normalized spacial score (nSPS) is 18.1. The molecule has 14 heteroatoms. The molecule has 3 aromatic carbocycles. The van der Waals surface area contributed by atoms with Crippen LogP contribution < -0.4 is 21.7 Å². The number of alkyl carbamates (subject to hydrolysis) is 1. The molecule has 1 fully saturated rings. The Labute approximate surface area is 261 Å². The number of ether oxygens (including phenoxy) is 2. The van der Waals surface area contributed by atoms with Crippen molar-refractivity contribution >= 4 is 29.3 Å². The van der Waals surface area contributed by atoms with E-state index in [2.05, 4.69) is 10.6 Å². The number of benzene rings is 3. The molecule has 5 N–H and O–H groups in total. The topological polar surface area (TPSA) is 115 Å². The van der Waals surface area contributed by atoms with Crippen LogP contribution in [0.1, 0.15) is 29.0 Å². The van der Waals surface area contributed by atoms with Crippen LogP contribution in [0.15, 0.2) is 66.7 Å². The van der Waals surface area contributed by atoms with Gasteiger partial charge in [-0.1, -0.05) is 41.9 Å². The summed E-state index contributed by atoms with van der Waals surface area (Å²) in [6.07, 6.45) is -5.55. The largest absolute Gasteiger partial charge is 0.448 e. The summed E-state index contributed by atoms with van der Waals surface area (Å²) in [6.45, 7) is -1.27. The van der Waals surface area contributed by atoms with Crippen LogP contribution >= 0.6 is 11.6 Å².